The molecule has 0 aliphatic carbocycles. The van der Waals surface area contributed by atoms with Crippen molar-refractivity contribution in [1.82, 2.24) is 5.32 Å². The molecule has 0 aliphatic rings. The van der Waals surface area contributed by atoms with E-state index in [1.807, 2.05) is 14.0 Å². The van der Waals surface area contributed by atoms with Gasteiger partial charge < -0.3 is 10.1 Å². The minimum atomic E-state index is -0.300. The average molecular weight is 262 g/mol. The smallest absolute Gasteiger partial charge is 0.128 e. The van der Waals surface area contributed by atoms with Crippen LogP contribution in [0.5, 0.6) is 5.75 Å². The molecule has 0 saturated carbocycles. The van der Waals surface area contributed by atoms with E-state index < -0.39 is 0 Å². The molecule has 1 N–H and O–H groups in total. The maximum Gasteiger partial charge on any atom is 0.128 e. The quantitative estimate of drug-likeness (QED) is 0.900. The molecule has 0 fully saturated rings. The lowest BCUT2D eigenvalue weighted by molar-refractivity contribution is 0.219. The molecular weight excluding hydrogens is 249 g/mol. The monoisotopic (exact) mass is 261 g/mol. The van der Waals surface area contributed by atoms with Crippen molar-refractivity contribution in [3.8, 4) is 5.75 Å². The molecule has 0 aliphatic heterocycles. The van der Waals surface area contributed by atoms with Gasteiger partial charge in [-0.1, -0.05) is 15.9 Å². The van der Waals surface area contributed by atoms with Gasteiger partial charge in [0.25, 0.3) is 0 Å². The second kappa shape index (κ2) is 5.32. The number of likely N-dealkylation sites (N-methyl/N-ethyl adjacent to an activating group) is 1. The molecule has 1 rings (SSSR count). The van der Waals surface area contributed by atoms with Crippen LogP contribution in [0.2, 0.25) is 0 Å². The molecular formula is C10H13BrFNO. The predicted octanol–water partition coefficient (Wildman–Crippen LogP) is 2.57. The van der Waals surface area contributed by atoms with Crippen molar-refractivity contribution in [1.29, 1.82) is 0 Å². The number of rotatable bonds is 4. The van der Waals surface area contributed by atoms with E-state index in [0.29, 0.717) is 10.2 Å². The molecule has 0 aromatic heterocycles. The Hall–Kier alpha value is -0.610. The summed E-state index contributed by atoms with van der Waals surface area (Å²) in [4.78, 5) is 0. The van der Waals surface area contributed by atoms with Crippen molar-refractivity contribution in [3.63, 3.8) is 0 Å². The van der Waals surface area contributed by atoms with Crippen molar-refractivity contribution in [3.05, 3.63) is 28.5 Å². The third-order valence-electron chi connectivity index (χ3n) is 1.66. The highest BCUT2D eigenvalue weighted by Crippen LogP contribution is 2.21. The van der Waals surface area contributed by atoms with Crippen molar-refractivity contribution < 1.29 is 9.13 Å². The zero-order chi connectivity index (χ0) is 10.6. The van der Waals surface area contributed by atoms with Crippen LogP contribution in [-0.4, -0.2) is 19.7 Å². The van der Waals surface area contributed by atoms with Crippen LogP contribution in [-0.2, 0) is 0 Å². The van der Waals surface area contributed by atoms with Crippen LogP contribution in [0, 0.1) is 5.82 Å². The average Bonchev–Trinajstić information content (AvgIpc) is 2.01. The Bertz CT molecular complexity index is 286. The third kappa shape index (κ3) is 3.64. The molecule has 4 heteroatoms. The van der Waals surface area contributed by atoms with Crippen LogP contribution >= 0.6 is 15.9 Å². The molecule has 2 nitrogen and oxygen atoms in total. The first kappa shape index (κ1) is 11.5. The summed E-state index contributed by atoms with van der Waals surface area (Å²) in [6.07, 6.45) is 0.0219. The summed E-state index contributed by atoms with van der Waals surface area (Å²) in [6.45, 7) is 2.66. The normalized spacial score (nSPS) is 12.6. The van der Waals surface area contributed by atoms with Crippen LogP contribution < -0.4 is 10.1 Å². The summed E-state index contributed by atoms with van der Waals surface area (Å²) in [5.41, 5.74) is 0. The van der Waals surface area contributed by atoms with Gasteiger partial charge in [0.15, 0.2) is 0 Å². The summed E-state index contributed by atoms with van der Waals surface area (Å²) in [7, 11) is 1.85. The molecule has 0 radical (unpaired) electrons. The second-order valence-corrected chi connectivity index (χ2v) is 4.01. The van der Waals surface area contributed by atoms with Gasteiger partial charge in [0, 0.05) is 17.1 Å². The zero-order valence-electron chi connectivity index (χ0n) is 8.18. The topological polar surface area (TPSA) is 21.3 Å². The summed E-state index contributed by atoms with van der Waals surface area (Å²) in [5, 5.41) is 2.99. The van der Waals surface area contributed by atoms with Crippen LogP contribution in [0.15, 0.2) is 22.7 Å². The highest BCUT2D eigenvalue weighted by molar-refractivity contribution is 9.10. The summed E-state index contributed by atoms with van der Waals surface area (Å²) >= 11 is 3.21. The Morgan fingerprint density at radius 1 is 1.50 bits per heavy atom. The number of halogens is 2. The molecule has 1 atom stereocenters. The molecule has 0 bridgehead atoms. The van der Waals surface area contributed by atoms with E-state index in [1.165, 1.54) is 12.1 Å². The summed E-state index contributed by atoms with van der Waals surface area (Å²) in [5.74, 6) is 0.241. The number of hydrogen-bond acceptors (Lipinski definition) is 2. The van der Waals surface area contributed by atoms with Gasteiger partial charge in [0.05, 0.1) is 0 Å². The molecule has 1 unspecified atom stereocenters. The first-order valence-electron chi connectivity index (χ1n) is 4.39. The summed E-state index contributed by atoms with van der Waals surface area (Å²) in [6, 6.07) is 4.52. The van der Waals surface area contributed by atoms with E-state index in [-0.39, 0.29) is 11.9 Å². The molecule has 0 saturated heterocycles. The van der Waals surface area contributed by atoms with Gasteiger partial charge in [0.2, 0.25) is 0 Å². The lowest BCUT2D eigenvalue weighted by Gasteiger charge is -2.14. The SMILES string of the molecule is CNCC(C)Oc1cc(F)cc(Br)c1. The van der Waals surface area contributed by atoms with Gasteiger partial charge >= 0.3 is 0 Å². The van der Waals surface area contributed by atoms with Gasteiger partial charge in [-0.3, -0.25) is 0 Å². The molecule has 1 aromatic carbocycles. The van der Waals surface area contributed by atoms with Crippen molar-refractivity contribution >= 4 is 15.9 Å². The Kier molecular flexibility index (Phi) is 4.35. The van der Waals surface area contributed by atoms with E-state index in [1.54, 1.807) is 6.07 Å². The van der Waals surface area contributed by atoms with Crippen molar-refractivity contribution in [2.24, 2.45) is 0 Å². The van der Waals surface area contributed by atoms with E-state index in [2.05, 4.69) is 21.2 Å². The Morgan fingerprint density at radius 2 is 2.21 bits per heavy atom. The van der Waals surface area contributed by atoms with Gasteiger partial charge in [0.1, 0.15) is 17.7 Å². The van der Waals surface area contributed by atoms with Crippen LogP contribution in [0.1, 0.15) is 6.92 Å². The van der Waals surface area contributed by atoms with Gasteiger partial charge in [-0.15, -0.1) is 0 Å². The minimum absolute atomic E-state index is 0.0219. The molecule has 0 amide bonds. The van der Waals surface area contributed by atoms with Crippen LogP contribution in [0.25, 0.3) is 0 Å². The van der Waals surface area contributed by atoms with E-state index >= 15 is 0 Å². The van der Waals surface area contributed by atoms with Crippen molar-refractivity contribution in [2.45, 2.75) is 13.0 Å². The number of hydrogen-bond donors (Lipinski definition) is 1. The maximum absolute atomic E-state index is 12.9. The van der Waals surface area contributed by atoms with E-state index in [4.69, 9.17) is 4.74 Å². The fourth-order valence-corrected chi connectivity index (χ4v) is 1.60. The van der Waals surface area contributed by atoms with Gasteiger partial charge in [-0.05, 0) is 26.1 Å². The van der Waals surface area contributed by atoms with Crippen LogP contribution in [0.4, 0.5) is 4.39 Å². The highest BCUT2D eigenvalue weighted by Gasteiger charge is 2.04. The van der Waals surface area contributed by atoms with Crippen molar-refractivity contribution in [2.75, 3.05) is 13.6 Å². The number of ether oxygens (including phenoxy) is 1. The molecule has 14 heavy (non-hydrogen) atoms. The van der Waals surface area contributed by atoms with Gasteiger partial charge in [-0.25, -0.2) is 4.39 Å². The second-order valence-electron chi connectivity index (χ2n) is 3.09. The Balaban J connectivity index is 2.66. The van der Waals surface area contributed by atoms with Crippen LogP contribution in [0.3, 0.4) is 0 Å². The fraction of sp³-hybridized carbons (Fsp3) is 0.400. The minimum Gasteiger partial charge on any atom is -0.489 e. The van der Waals surface area contributed by atoms with Gasteiger partial charge in [-0.2, -0.15) is 0 Å². The zero-order valence-corrected chi connectivity index (χ0v) is 9.77. The van der Waals surface area contributed by atoms with E-state index in [9.17, 15) is 4.39 Å². The Morgan fingerprint density at radius 3 is 2.79 bits per heavy atom. The largest absolute Gasteiger partial charge is 0.489 e. The summed E-state index contributed by atoms with van der Waals surface area (Å²) < 4.78 is 19.1. The number of nitrogens with one attached hydrogen (secondary N) is 1. The molecule has 0 heterocycles. The predicted molar refractivity (Wildman–Crippen MR) is 58.1 cm³/mol. The molecule has 0 spiro atoms. The lowest BCUT2D eigenvalue weighted by Crippen LogP contribution is -2.26. The highest BCUT2D eigenvalue weighted by atomic mass is 79.9. The lowest BCUT2D eigenvalue weighted by atomic mass is 10.3. The first-order valence-corrected chi connectivity index (χ1v) is 5.18. The third-order valence-corrected chi connectivity index (χ3v) is 2.12. The van der Waals surface area contributed by atoms with E-state index in [0.717, 1.165) is 6.54 Å². The first-order chi connectivity index (χ1) is 6.61. The number of benzene rings is 1. The standard InChI is InChI=1S/C10H13BrFNO/c1-7(6-13-2)14-10-4-8(11)3-9(12)5-10/h3-5,7,13H,6H2,1-2H3. The Labute approximate surface area is 91.6 Å². The fourth-order valence-electron chi connectivity index (χ4n) is 1.16. The maximum atomic E-state index is 12.9. The molecule has 1 aromatic rings. The molecule has 78 valence electrons.